The molecule has 0 bridgehead atoms. The average Bonchev–Trinajstić information content (AvgIpc) is 3.67. The highest BCUT2D eigenvalue weighted by molar-refractivity contribution is 6.21. The fourth-order valence-corrected chi connectivity index (χ4v) is 9.46. The molecule has 0 amide bonds. The number of nitrogens with zero attached hydrogens (tertiary/aromatic N) is 2. The van der Waals surface area contributed by atoms with Crippen LogP contribution in [0.3, 0.4) is 0 Å². The molecule has 11 aromatic rings. The lowest BCUT2D eigenvalue weighted by molar-refractivity contribution is -0.138. The highest BCUT2D eigenvalue weighted by atomic mass is 19.4. The topological polar surface area (TPSA) is 8.17 Å². The maximum Gasteiger partial charge on any atom is 0.416 e. The molecule has 0 N–H and O–H groups in total. The molecule has 0 atom stereocenters. The number of alkyl halides is 6. The summed E-state index contributed by atoms with van der Waals surface area (Å²) < 4.78 is 85.5. The van der Waals surface area contributed by atoms with Crippen LogP contribution in [0.5, 0.6) is 0 Å². The molecular formula is C58H36F6N2. The van der Waals surface area contributed by atoms with E-state index in [1.54, 1.807) is 12.1 Å². The predicted molar refractivity (Wildman–Crippen MR) is 257 cm³/mol. The fraction of sp³-hybridized carbons (Fsp3) is 0.0345. The van der Waals surface area contributed by atoms with Crippen LogP contribution < -0.4 is 4.90 Å². The van der Waals surface area contributed by atoms with E-state index >= 15 is 0 Å². The highest BCUT2D eigenvalue weighted by Crippen LogP contribution is 2.45. The van der Waals surface area contributed by atoms with Gasteiger partial charge in [0.2, 0.25) is 0 Å². The molecule has 66 heavy (non-hydrogen) atoms. The summed E-state index contributed by atoms with van der Waals surface area (Å²) in [6.07, 6.45) is -9.30. The Labute approximate surface area is 375 Å². The Morgan fingerprint density at radius 1 is 0.303 bits per heavy atom. The number of fused-ring (bicyclic) bond motifs is 5. The standard InChI is InChI=1S/C58H36F6N2/c59-57(60,61)41-14-10-16-45(35-41)65(46-17-11-15-42(36-46)58(62,63)64)43-29-24-37(25-30-43)40-28-33-54-52(34-40)47-18-8-9-23-53(47)66(54)44-31-26-39(27-32-44)56-50-21-6-4-19-48(50)55(38-12-2-1-3-13-38)49-20-5-7-22-51(49)56/h1-36H. The molecule has 10 aromatic carbocycles. The maximum atomic E-state index is 13.9. The van der Waals surface area contributed by atoms with E-state index in [-0.39, 0.29) is 11.4 Å². The van der Waals surface area contributed by atoms with Crippen molar-refractivity contribution < 1.29 is 26.3 Å². The van der Waals surface area contributed by atoms with Crippen LogP contribution >= 0.6 is 0 Å². The van der Waals surface area contributed by atoms with Crippen molar-refractivity contribution in [3.8, 4) is 39.1 Å². The lowest BCUT2D eigenvalue weighted by Crippen LogP contribution is -2.13. The summed E-state index contributed by atoms with van der Waals surface area (Å²) >= 11 is 0. The maximum absolute atomic E-state index is 13.9. The van der Waals surface area contributed by atoms with Gasteiger partial charge in [0.15, 0.2) is 0 Å². The second-order valence-corrected chi connectivity index (χ2v) is 16.3. The van der Waals surface area contributed by atoms with E-state index in [1.165, 1.54) is 67.4 Å². The van der Waals surface area contributed by atoms with Crippen LogP contribution in [0.1, 0.15) is 11.1 Å². The van der Waals surface area contributed by atoms with Crippen LogP contribution in [0.15, 0.2) is 218 Å². The highest BCUT2D eigenvalue weighted by Gasteiger charge is 2.33. The molecule has 1 aromatic heterocycles. The molecule has 0 saturated heterocycles. The number of hydrogen-bond donors (Lipinski definition) is 0. The molecule has 0 saturated carbocycles. The third-order valence-corrected chi connectivity index (χ3v) is 12.4. The van der Waals surface area contributed by atoms with Crippen molar-refractivity contribution in [2.75, 3.05) is 4.90 Å². The predicted octanol–water partition coefficient (Wildman–Crippen LogP) is 17.6. The number of para-hydroxylation sites is 1. The van der Waals surface area contributed by atoms with Crippen LogP contribution in [0.4, 0.5) is 43.4 Å². The Kier molecular flexibility index (Phi) is 9.77. The number of halogens is 6. The molecule has 0 radical (unpaired) electrons. The quantitative estimate of drug-likeness (QED) is 0.114. The molecular weight excluding hydrogens is 839 g/mol. The first-order valence-electron chi connectivity index (χ1n) is 21.4. The molecule has 8 heteroatoms. The molecule has 0 aliphatic rings. The van der Waals surface area contributed by atoms with E-state index in [4.69, 9.17) is 0 Å². The Morgan fingerprint density at radius 3 is 1.27 bits per heavy atom. The van der Waals surface area contributed by atoms with Crippen molar-refractivity contribution in [1.29, 1.82) is 0 Å². The van der Waals surface area contributed by atoms with Crippen molar-refractivity contribution in [3.63, 3.8) is 0 Å². The number of aromatic nitrogens is 1. The van der Waals surface area contributed by atoms with Gasteiger partial charge in [-0.25, -0.2) is 0 Å². The molecule has 0 aliphatic heterocycles. The molecule has 2 nitrogen and oxygen atoms in total. The summed E-state index contributed by atoms with van der Waals surface area (Å²) in [6.45, 7) is 0. The van der Waals surface area contributed by atoms with Gasteiger partial charge in [-0.2, -0.15) is 26.3 Å². The molecule has 320 valence electrons. The molecule has 0 spiro atoms. The Morgan fingerprint density at radius 2 is 0.742 bits per heavy atom. The van der Waals surface area contributed by atoms with E-state index in [9.17, 15) is 26.3 Å². The van der Waals surface area contributed by atoms with Gasteiger partial charge < -0.3 is 9.47 Å². The van der Waals surface area contributed by atoms with Gasteiger partial charge in [0.1, 0.15) is 0 Å². The van der Waals surface area contributed by atoms with Crippen molar-refractivity contribution in [2.45, 2.75) is 12.4 Å². The Balaban J connectivity index is 0.980. The van der Waals surface area contributed by atoms with E-state index in [0.717, 1.165) is 68.4 Å². The number of hydrogen-bond acceptors (Lipinski definition) is 1. The molecule has 1 heterocycles. The fourth-order valence-electron chi connectivity index (χ4n) is 9.46. The molecule has 11 rings (SSSR count). The summed E-state index contributed by atoms with van der Waals surface area (Å²) in [5.41, 5.74) is 8.17. The van der Waals surface area contributed by atoms with Gasteiger partial charge >= 0.3 is 12.4 Å². The Hall–Kier alpha value is -8.10. The molecule has 0 fully saturated rings. The van der Waals surface area contributed by atoms with Crippen LogP contribution in [-0.2, 0) is 12.4 Å². The lowest BCUT2D eigenvalue weighted by Gasteiger charge is -2.27. The zero-order valence-electron chi connectivity index (χ0n) is 34.9. The van der Waals surface area contributed by atoms with E-state index in [0.29, 0.717) is 5.69 Å². The van der Waals surface area contributed by atoms with Crippen LogP contribution in [0.25, 0.3) is 82.4 Å². The molecule has 0 aliphatic carbocycles. The van der Waals surface area contributed by atoms with Gasteiger partial charge in [0.25, 0.3) is 0 Å². The summed E-state index contributed by atoms with van der Waals surface area (Å²) in [5, 5.41) is 6.83. The number of benzene rings is 10. The zero-order valence-corrected chi connectivity index (χ0v) is 34.9. The largest absolute Gasteiger partial charge is 0.416 e. The van der Waals surface area contributed by atoms with E-state index in [2.05, 4.69) is 126 Å². The number of rotatable bonds is 7. The first kappa shape index (κ1) is 40.7. The van der Waals surface area contributed by atoms with Gasteiger partial charge in [-0.15, -0.1) is 0 Å². The minimum absolute atomic E-state index is 0.0711. The third-order valence-electron chi connectivity index (χ3n) is 12.4. The number of anilines is 3. The van der Waals surface area contributed by atoms with E-state index in [1.807, 2.05) is 36.4 Å². The van der Waals surface area contributed by atoms with Gasteiger partial charge in [-0.3, -0.25) is 0 Å². The van der Waals surface area contributed by atoms with Crippen molar-refractivity contribution in [1.82, 2.24) is 4.57 Å². The first-order valence-corrected chi connectivity index (χ1v) is 21.4. The van der Waals surface area contributed by atoms with E-state index < -0.39 is 23.5 Å². The minimum Gasteiger partial charge on any atom is -0.310 e. The van der Waals surface area contributed by atoms with Gasteiger partial charge in [0, 0.05) is 33.5 Å². The van der Waals surface area contributed by atoms with Crippen molar-refractivity contribution in [2.24, 2.45) is 0 Å². The summed E-state index contributed by atoms with van der Waals surface area (Å²) in [7, 11) is 0. The first-order chi connectivity index (χ1) is 32.0. The van der Waals surface area contributed by atoms with Crippen LogP contribution in [-0.4, -0.2) is 4.57 Å². The second-order valence-electron chi connectivity index (χ2n) is 16.3. The lowest BCUT2D eigenvalue weighted by atomic mass is 9.86. The van der Waals surface area contributed by atoms with Gasteiger partial charge in [0.05, 0.1) is 22.2 Å². The van der Waals surface area contributed by atoms with Crippen molar-refractivity contribution >= 4 is 60.4 Å². The molecule has 0 unspecified atom stereocenters. The second kappa shape index (κ2) is 15.9. The minimum atomic E-state index is -4.65. The average molecular weight is 875 g/mol. The summed E-state index contributed by atoms with van der Waals surface area (Å²) in [6, 6.07) is 67.3. The third kappa shape index (κ3) is 7.11. The van der Waals surface area contributed by atoms with Crippen LogP contribution in [0, 0.1) is 0 Å². The van der Waals surface area contributed by atoms with Gasteiger partial charge in [-0.05, 0) is 134 Å². The van der Waals surface area contributed by atoms with Gasteiger partial charge in [-0.1, -0.05) is 140 Å². The monoisotopic (exact) mass is 874 g/mol. The smallest absolute Gasteiger partial charge is 0.310 e. The Bertz CT molecular complexity index is 3490. The summed E-state index contributed by atoms with van der Waals surface area (Å²) in [5.74, 6) is 0. The van der Waals surface area contributed by atoms with Crippen LogP contribution in [0.2, 0.25) is 0 Å². The zero-order chi connectivity index (χ0) is 45.2. The van der Waals surface area contributed by atoms with Crippen molar-refractivity contribution in [3.05, 3.63) is 230 Å². The summed E-state index contributed by atoms with van der Waals surface area (Å²) in [4.78, 5) is 1.40. The SMILES string of the molecule is FC(F)(F)c1cccc(N(c2ccc(-c3ccc4c(c3)c3ccccc3n4-c3ccc(-c4c5ccccc5c(-c5ccccc5)c5ccccc45)cc3)cc2)c2cccc(C(F)(F)F)c2)c1. The normalized spacial score (nSPS) is 12.1.